The summed E-state index contributed by atoms with van der Waals surface area (Å²) < 4.78 is 0. The summed E-state index contributed by atoms with van der Waals surface area (Å²) in [6.45, 7) is 0. The average molecular weight is 332 g/mol. The van der Waals surface area contributed by atoms with Gasteiger partial charge in [0.05, 0.1) is 5.69 Å². The molecule has 0 spiro atoms. The van der Waals surface area contributed by atoms with Crippen LogP contribution >= 0.6 is 11.6 Å². The molecule has 0 bridgehead atoms. The maximum absolute atomic E-state index is 11.2. The monoisotopic (exact) mass is 331 g/mol. The van der Waals surface area contributed by atoms with E-state index in [2.05, 4.69) is 12.3 Å². The van der Waals surface area contributed by atoms with Crippen molar-refractivity contribution in [1.82, 2.24) is 0 Å². The van der Waals surface area contributed by atoms with Gasteiger partial charge in [-0.25, -0.2) is 0 Å². The summed E-state index contributed by atoms with van der Waals surface area (Å²) in [5, 5.41) is 10.2. The Labute approximate surface area is 142 Å². The lowest BCUT2D eigenvalue weighted by Crippen LogP contribution is -2.47. The molecule has 0 radical (unpaired) electrons. The van der Waals surface area contributed by atoms with Crippen LogP contribution in [0.3, 0.4) is 0 Å². The minimum Gasteiger partial charge on any atom is -0.369 e. The summed E-state index contributed by atoms with van der Waals surface area (Å²) in [7, 11) is 0. The molecule has 0 heterocycles. The van der Waals surface area contributed by atoms with Gasteiger partial charge in [-0.1, -0.05) is 30.9 Å². The van der Waals surface area contributed by atoms with Gasteiger partial charge in [-0.05, 0) is 55.4 Å². The molecule has 1 amide bonds. The largest absolute Gasteiger partial charge is 0.369 e. The molecule has 0 unspecified atom stereocenters. The van der Waals surface area contributed by atoms with Crippen LogP contribution in [-0.4, -0.2) is 11.9 Å². The molecule has 1 aromatic carbocycles. The normalized spacial score (nSPS) is 24.5. The van der Waals surface area contributed by atoms with Gasteiger partial charge in [0.15, 0.2) is 6.19 Å². The SMILES string of the molecule is N#CN(c1cc(Cl)cc(C2CCCCC2)c1)C1CC(C(N)=O)C1. The van der Waals surface area contributed by atoms with Crippen LogP contribution in [0.25, 0.3) is 0 Å². The molecule has 122 valence electrons. The molecule has 0 saturated heterocycles. The zero-order valence-electron chi connectivity index (χ0n) is 13.2. The molecule has 0 atom stereocenters. The van der Waals surface area contributed by atoms with E-state index in [-0.39, 0.29) is 17.9 Å². The third-order valence-electron chi connectivity index (χ3n) is 5.25. The number of hydrogen-bond acceptors (Lipinski definition) is 3. The van der Waals surface area contributed by atoms with Crippen molar-refractivity contribution >= 4 is 23.2 Å². The fraction of sp³-hybridized carbons (Fsp3) is 0.556. The summed E-state index contributed by atoms with van der Waals surface area (Å²) in [5.74, 6) is 0.169. The molecule has 1 aromatic rings. The quantitative estimate of drug-likeness (QED) is 0.671. The number of nitriles is 1. The maximum Gasteiger partial charge on any atom is 0.220 e. The highest BCUT2D eigenvalue weighted by atomic mass is 35.5. The highest BCUT2D eigenvalue weighted by molar-refractivity contribution is 6.31. The Balaban J connectivity index is 1.79. The second kappa shape index (κ2) is 6.80. The van der Waals surface area contributed by atoms with Gasteiger partial charge in [0.1, 0.15) is 0 Å². The molecule has 23 heavy (non-hydrogen) atoms. The first-order chi connectivity index (χ1) is 11.1. The second-order valence-electron chi connectivity index (χ2n) is 6.77. The molecule has 4 nitrogen and oxygen atoms in total. The number of nitrogens with zero attached hydrogens (tertiary/aromatic N) is 2. The summed E-state index contributed by atoms with van der Waals surface area (Å²) >= 11 is 6.31. The van der Waals surface area contributed by atoms with Gasteiger partial charge in [0.25, 0.3) is 0 Å². The van der Waals surface area contributed by atoms with Crippen molar-refractivity contribution in [3.63, 3.8) is 0 Å². The summed E-state index contributed by atoms with van der Waals surface area (Å²) in [6.07, 6.45) is 9.77. The Morgan fingerprint density at radius 3 is 2.52 bits per heavy atom. The molecular weight excluding hydrogens is 310 g/mol. The molecule has 2 saturated carbocycles. The number of nitrogens with two attached hydrogens (primary N) is 1. The fourth-order valence-corrected chi connectivity index (χ4v) is 4.03. The number of hydrogen-bond donors (Lipinski definition) is 1. The van der Waals surface area contributed by atoms with Gasteiger partial charge in [-0.2, -0.15) is 5.26 Å². The summed E-state index contributed by atoms with van der Waals surface area (Å²) in [4.78, 5) is 12.9. The van der Waals surface area contributed by atoms with E-state index >= 15 is 0 Å². The molecule has 0 aromatic heterocycles. The second-order valence-corrected chi connectivity index (χ2v) is 7.21. The standard InChI is InChI=1S/C18H22ClN3O/c19-15-6-13(12-4-2-1-3-5-12)7-17(10-15)22(11-20)16-8-14(9-16)18(21)23/h6-7,10,12,14,16H,1-5,8-9H2,(H2,21,23). The van der Waals surface area contributed by atoms with Crippen molar-refractivity contribution in [2.24, 2.45) is 11.7 Å². The molecule has 2 fully saturated rings. The van der Waals surface area contributed by atoms with E-state index in [1.54, 1.807) is 4.90 Å². The number of amides is 1. The minimum atomic E-state index is -0.270. The van der Waals surface area contributed by atoms with E-state index in [4.69, 9.17) is 17.3 Å². The van der Waals surface area contributed by atoms with Crippen LogP contribution in [0, 0.1) is 17.4 Å². The predicted octanol–water partition coefficient (Wildman–Crippen LogP) is 3.94. The van der Waals surface area contributed by atoms with Gasteiger partial charge in [0, 0.05) is 17.0 Å². The van der Waals surface area contributed by atoms with Crippen molar-refractivity contribution < 1.29 is 4.79 Å². The number of halogens is 1. The number of carbonyl (C=O) groups is 1. The zero-order chi connectivity index (χ0) is 16.4. The van der Waals surface area contributed by atoms with E-state index in [9.17, 15) is 10.1 Å². The van der Waals surface area contributed by atoms with Gasteiger partial charge in [0.2, 0.25) is 5.91 Å². The Kier molecular flexibility index (Phi) is 4.77. The first-order valence-electron chi connectivity index (χ1n) is 8.37. The van der Waals surface area contributed by atoms with Crippen molar-refractivity contribution in [2.45, 2.75) is 56.9 Å². The Morgan fingerprint density at radius 2 is 1.91 bits per heavy atom. The van der Waals surface area contributed by atoms with Crippen LogP contribution in [0.4, 0.5) is 5.69 Å². The van der Waals surface area contributed by atoms with Crippen molar-refractivity contribution in [3.05, 3.63) is 28.8 Å². The number of rotatable bonds is 4. The molecule has 2 N–H and O–H groups in total. The zero-order valence-corrected chi connectivity index (χ0v) is 13.9. The summed E-state index contributed by atoms with van der Waals surface area (Å²) in [5.41, 5.74) is 7.40. The predicted molar refractivity (Wildman–Crippen MR) is 91.1 cm³/mol. The Hall–Kier alpha value is -1.73. The summed E-state index contributed by atoms with van der Waals surface area (Å²) in [6, 6.07) is 6.02. The number of anilines is 1. The third-order valence-corrected chi connectivity index (χ3v) is 5.47. The lowest BCUT2D eigenvalue weighted by Gasteiger charge is -2.38. The van der Waals surface area contributed by atoms with E-state index in [0.29, 0.717) is 23.8 Å². The van der Waals surface area contributed by atoms with E-state index in [1.165, 1.54) is 37.7 Å². The number of carbonyl (C=O) groups excluding carboxylic acids is 1. The third kappa shape index (κ3) is 3.45. The van der Waals surface area contributed by atoms with Crippen LogP contribution < -0.4 is 10.6 Å². The van der Waals surface area contributed by atoms with Crippen molar-refractivity contribution in [3.8, 4) is 6.19 Å². The van der Waals surface area contributed by atoms with Crippen LogP contribution in [0.2, 0.25) is 5.02 Å². The van der Waals surface area contributed by atoms with Crippen molar-refractivity contribution in [2.75, 3.05) is 4.90 Å². The van der Waals surface area contributed by atoms with E-state index < -0.39 is 0 Å². The van der Waals surface area contributed by atoms with Crippen LogP contribution in [0.15, 0.2) is 18.2 Å². The topological polar surface area (TPSA) is 70.1 Å². The van der Waals surface area contributed by atoms with Crippen LogP contribution in [0.1, 0.15) is 56.4 Å². The highest BCUT2D eigenvalue weighted by Gasteiger charge is 2.37. The molecule has 0 aliphatic heterocycles. The smallest absolute Gasteiger partial charge is 0.220 e. The van der Waals surface area contributed by atoms with Gasteiger partial charge < -0.3 is 5.73 Å². The highest BCUT2D eigenvalue weighted by Crippen LogP contribution is 2.39. The lowest BCUT2D eigenvalue weighted by atomic mass is 9.78. The van der Waals surface area contributed by atoms with Crippen LogP contribution in [-0.2, 0) is 4.79 Å². The number of primary amides is 1. The Bertz CT molecular complexity index is 628. The fourth-order valence-electron chi connectivity index (χ4n) is 3.79. The van der Waals surface area contributed by atoms with E-state index in [0.717, 1.165) is 5.69 Å². The Morgan fingerprint density at radius 1 is 1.22 bits per heavy atom. The molecule has 3 rings (SSSR count). The minimum absolute atomic E-state index is 0.0511. The first kappa shape index (κ1) is 16.1. The number of benzene rings is 1. The molecule has 5 heteroatoms. The first-order valence-corrected chi connectivity index (χ1v) is 8.75. The van der Waals surface area contributed by atoms with Crippen molar-refractivity contribution in [1.29, 1.82) is 5.26 Å². The van der Waals surface area contributed by atoms with Gasteiger partial charge >= 0.3 is 0 Å². The lowest BCUT2D eigenvalue weighted by molar-refractivity contribution is -0.124. The molecular formula is C18H22ClN3O. The maximum atomic E-state index is 11.2. The average Bonchev–Trinajstić information content (AvgIpc) is 2.50. The van der Waals surface area contributed by atoms with E-state index in [1.807, 2.05) is 12.1 Å². The van der Waals surface area contributed by atoms with Gasteiger partial charge in [-0.3, -0.25) is 9.69 Å². The molecule has 2 aliphatic carbocycles. The van der Waals surface area contributed by atoms with Gasteiger partial charge in [-0.15, -0.1) is 0 Å². The van der Waals surface area contributed by atoms with Crippen LogP contribution in [0.5, 0.6) is 0 Å². The molecule has 2 aliphatic rings.